The van der Waals surface area contributed by atoms with Crippen LogP contribution in [0.15, 0.2) is 29.2 Å². The van der Waals surface area contributed by atoms with Gasteiger partial charge in [-0.25, -0.2) is 17.9 Å². The van der Waals surface area contributed by atoms with Crippen molar-refractivity contribution in [1.82, 2.24) is 14.9 Å². The Bertz CT molecular complexity index is 798. The Morgan fingerprint density at radius 3 is 2.74 bits per heavy atom. The molecular formula is C17H25N3O6S. The zero-order valence-corrected chi connectivity index (χ0v) is 16.2. The maximum absolute atomic E-state index is 12.3. The van der Waals surface area contributed by atoms with Gasteiger partial charge in [-0.15, -0.1) is 0 Å². The number of hydrogen-bond acceptors (Lipinski definition) is 5. The quantitative estimate of drug-likeness (QED) is 0.550. The number of carbonyl (C=O) groups excluding carboxylic acids is 1. The smallest absolute Gasteiger partial charge is 0.317 e. The van der Waals surface area contributed by atoms with Crippen LogP contribution in [0, 0.1) is 5.41 Å². The number of carboxylic acids is 1. The fourth-order valence-electron chi connectivity index (χ4n) is 2.78. The van der Waals surface area contributed by atoms with Gasteiger partial charge in [0.1, 0.15) is 0 Å². The zero-order chi connectivity index (χ0) is 20.1. The topological polar surface area (TPSA) is 125 Å². The van der Waals surface area contributed by atoms with Crippen LogP contribution in [0.25, 0.3) is 0 Å². The Kier molecular flexibility index (Phi) is 6.79. The highest BCUT2D eigenvalue weighted by molar-refractivity contribution is 7.89. The SMILES string of the molecule is COCCNS(=O)(=O)c1cccc(CNC(=O)N2CCC(C)(C(=O)O)C2)c1. The number of nitrogens with one attached hydrogen (secondary N) is 2. The Labute approximate surface area is 158 Å². The molecule has 1 aromatic rings. The molecule has 1 atom stereocenters. The molecule has 0 saturated carbocycles. The van der Waals surface area contributed by atoms with Gasteiger partial charge in [0.25, 0.3) is 0 Å². The fourth-order valence-corrected chi connectivity index (χ4v) is 3.87. The number of rotatable bonds is 8. The van der Waals surface area contributed by atoms with Gasteiger partial charge in [-0.05, 0) is 31.0 Å². The lowest BCUT2D eigenvalue weighted by Crippen LogP contribution is -2.40. The molecule has 1 fully saturated rings. The van der Waals surface area contributed by atoms with Crippen LogP contribution in [-0.2, 0) is 26.1 Å². The molecule has 1 unspecified atom stereocenters. The number of amides is 2. The molecule has 1 aliphatic heterocycles. The summed E-state index contributed by atoms with van der Waals surface area (Å²) >= 11 is 0. The van der Waals surface area contributed by atoms with Gasteiger partial charge in [0.05, 0.1) is 16.9 Å². The number of benzene rings is 1. The summed E-state index contributed by atoms with van der Waals surface area (Å²) in [5, 5.41) is 11.9. The first-order chi connectivity index (χ1) is 12.7. The highest BCUT2D eigenvalue weighted by atomic mass is 32.2. The van der Waals surface area contributed by atoms with Gasteiger partial charge in [-0.3, -0.25) is 4.79 Å². The molecule has 2 rings (SSSR count). The lowest BCUT2D eigenvalue weighted by molar-refractivity contribution is -0.147. The van der Waals surface area contributed by atoms with E-state index in [4.69, 9.17) is 4.74 Å². The minimum Gasteiger partial charge on any atom is -0.481 e. The number of urea groups is 1. The molecule has 0 spiro atoms. The lowest BCUT2D eigenvalue weighted by Gasteiger charge is -2.20. The van der Waals surface area contributed by atoms with Gasteiger partial charge in [-0.1, -0.05) is 12.1 Å². The van der Waals surface area contributed by atoms with Crippen molar-refractivity contribution in [3.8, 4) is 0 Å². The Morgan fingerprint density at radius 1 is 1.37 bits per heavy atom. The van der Waals surface area contributed by atoms with Crippen molar-refractivity contribution >= 4 is 22.0 Å². The molecule has 0 aliphatic carbocycles. The van der Waals surface area contributed by atoms with Crippen LogP contribution in [0.2, 0.25) is 0 Å². The second kappa shape index (κ2) is 8.68. The predicted molar refractivity (Wildman–Crippen MR) is 97.7 cm³/mol. The maximum atomic E-state index is 12.3. The van der Waals surface area contributed by atoms with Crippen molar-refractivity contribution in [3.05, 3.63) is 29.8 Å². The molecular weight excluding hydrogens is 374 g/mol. The van der Waals surface area contributed by atoms with Crippen LogP contribution in [0.4, 0.5) is 4.79 Å². The van der Waals surface area contributed by atoms with Crippen LogP contribution < -0.4 is 10.0 Å². The summed E-state index contributed by atoms with van der Waals surface area (Å²) in [5.41, 5.74) is -0.308. The van der Waals surface area contributed by atoms with E-state index in [2.05, 4.69) is 10.0 Å². The van der Waals surface area contributed by atoms with Gasteiger partial charge in [0, 0.05) is 33.3 Å². The second-order valence-electron chi connectivity index (χ2n) is 6.73. The van der Waals surface area contributed by atoms with Crippen molar-refractivity contribution in [2.75, 3.05) is 33.4 Å². The number of sulfonamides is 1. The Balaban J connectivity index is 1.95. The average molecular weight is 399 g/mol. The number of carbonyl (C=O) groups is 2. The number of methoxy groups -OCH3 is 1. The fraction of sp³-hybridized carbons (Fsp3) is 0.529. The molecule has 0 aromatic heterocycles. The van der Waals surface area contributed by atoms with Crippen molar-refractivity contribution in [2.24, 2.45) is 5.41 Å². The molecule has 1 saturated heterocycles. The molecule has 10 heteroatoms. The molecule has 9 nitrogen and oxygen atoms in total. The standard InChI is InChI=1S/C17H25N3O6S/c1-17(15(21)22)6-8-20(12-17)16(23)18-11-13-4-3-5-14(10-13)27(24,25)19-7-9-26-2/h3-5,10,19H,6-9,11-12H2,1-2H3,(H,18,23)(H,21,22). The molecule has 2 amide bonds. The monoisotopic (exact) mass is 399 g/mol. The number of likely N-dealkylation sites (tertiary alicyclic amines) is 1. The van der Waals surface area contributed by atoms with E-state index in [-0.39, 0.29) is 37.2 Å². The lowest BCUT2D eigenvalue weighted by atomic mass is 9.90. The number of carboxylic acid groups (broad SMARTS) is 1. The predicted octanol–water partition coefficient (Wildman–Crippen LogP) is 0.618. The first-order valence-electron chi connectivity index (χ1n) is 8.52. The third-order valence-electron chi connectivity index (χ3n) is 4.53. The molecule has 27 heavy (non-hydrogen) atoms. The molecule has 0 bridgehead atoms. The third-order valence-corrected chi connectivity index (χ3v) is 5.99. The van der Waals surface area contributed by atoms with Gasteiger partial charge in [0.2, 0.25) is 10.0 Å². The number of nitrogens with zero attached hydrogens (tertiary/aromatic N) is 1. The summed E-state index contributed by atoms with van der Waals surface area (Å²) in [6.07, 6.45) is 0.399. The summed E-state index contributed by atoms with van der Waals surface area (Å²) in [4.78, 5) is 25.1. The van der Waals surface area contributed by atoms with E-state index < -0.39 is 21.4 Å². The summed E-state index contributed by atoms with van der Waals surface area (Å²) in [5.74, 6) is -0.920. The molecule has 1 aliphatic rings. The third kappa shape index (κ3) is 5.41. The van der Waals surface area contributed by atoms with E-state index in [0.29, 0.717) is 18.5 Å². The van der Waals surface area contributed by atoms with E-state index in [9.17, 15) is 23.1 Å². The minimum atomic E-state index is -3.65. The molecule has 3 N–H and O–H groups in total. The van der Waals surface area contributed by atoms with Crippen LogP contribution >= 0.6 is 0 Å². The number of ether oxygens (including phenoxy) is 1. The van der Waals surface area contributed by atoms with Crippen molar-refractivity contribution in [3.63, 3.8) is 0 Å². The number of aliphatic carboxylic acids is 1. The highest BCUT2D eigenvalue weighted by Gasteiger charge is 2.42. The maximum Gasteiger partial charge on any atom is 0.317 e. The van der Waals surface area contributed by atoms with Gasteiger partial charge < -0.3 is 20.1 Å². The van der Waals surface area contributed by atoms with Crippen LogP contribution in [0.3, 0.4) is 0 Å². The van der Waals surface area contributed by atoms with Crippen molar-refractivity contribution < 1.29 is 27.9 Å². The first kappa shape index (κ1) is 21.1. The van der Waals surface area contributed by atoms with E-state index in [1.807, 2.05) is 0 Å². The minimum absolute atomic E-state index is 0.102. The Hall–Kier alpha value is -2.17. The van der Waals surface area contributed by atoms with Crippen molar-refractivity contribution in [1.29, 1.82) is 0 Å². The van der Waals surface area contributed by atoms with E-state index in [0.717, 1.165) is 0 Å². The Morgan fingerprint density at radius 2 is 2.11 bits per heavy atom. The van der Waals surface area contributed by atoms with Crippen LogP contribution in [0.5, 0.6) is 0 Å². The largest absolute Gasteiger partial charge is 0.481 e. The first-order valence-corrected chi connectivity index (χ1v) is 10.00. The van der Waals surface area contributed by atoms with E-state index >= 15 is 0 Å². The van der Waals surface area contributed by atoms with E-state index in [1.165, 1.54) is 24.1 Å². The zero-order valence-electron chi connectivity index (χ0n) is 15.4. The summed E-state index contributed by atoms with van der Waals surface area (Å²) in [6.45, 7) is 2.70. The van der Waals surface area contributed by atoms with E-state index in [1.54, 1.807) is 19.1 Å². The normalized spacial score (nSPS) is 19.9. The summed E-state index contributed by atoms with van der Waals surface area (Å²) in [7, 11) is -2.17. The van der Waals surface area contributed by atoms with Crippen LogP contribution in [-0.4, -0.2) is 63.8 Å². The molecule has 1 heterocycles. The average Bonchev–Trinajstić information content (AvgIpc) is 3.04. The molecule has 150 valence electrons. The number of hydrogen-bond donors (Lipinski definition) is 3. The highest BCUT2D eigenvalue weighted by Crippen LogP contribution is 2.30. The van der Waals surface area contributed by atoms with Crippen molar-refractivity contribution in [2.45, 2.75) is 24.8 Å². The molecule has 1 aromatic carbocycles. The molecule has 0 radical (unpaired) electrons. The van der Waals surface area contributed by atoms with Gasteiger partial charge >= 0.3 is 12.0 Å². The van der Waals surface area contributed by atoms with Gasteiger partial charge in [-0.2, -0.15) is 0 Å². The van der Waals surface area contributed by atoms with Gasteiger partial charge in [0.15, 0.2) is 0 Å². The second-order valence-corrected chi connectivity index (χ2v) is 8.50. The summed E-state index contributed by atoms with van der Waals surface area (Å²) in [6, 6.07) is 5.90. The summed E-state index contributed by atoms with van der Waals surface area (Å²) < 4.78 is 31.7. The van der Waals surface area contributed by atoms with Crippen LogP contribution in [0.1, 0.15) is 18.9 Å².